The molecule has 0 saturated heterocycles. The summed E-state index contributed by atoms with van der Waals surface area (Å²) in [6.07, 6.45) is 1.01. The Bertz CT molecular complexity index is 493. The second-order valence-electron chi connectivity index (χ2n) is 4.50. The standard InChI is InChI=1S/C13H19ClN4O2/c1-3-6-16-11-5-4-9(14)12(18-11)13(20)17-8(2)7-10(15)19/h4-5,8H,3,6-7H2,1-2H3,(H2,15,19)(H,16,18)(H,17,20). The Balaban J connectivity index is 2.78. The minimum atomic E-state index is -0.477. The number of primary amides is 1. The lowest BCUT2D eigenvalue weighted by Gasteiger charge is -2.13. The summed E-state index contributed by atoms with van der Waals surface area (Å²) in [5.41, 5.74) is 5.20. The average molecular weight is 299 g/mol. The van der Waals surface area contributed by atoms with E-state index < -0.39 is 11.8 Å². The quantitative estimate of drug-likeness (QED) is 0.711. The van der Waals surface area contributed by atoms with E-state index in [0.717, 1.165) is 13.0 Å². The summed E-state index contributed by atoms with van der Waals surface area (Å²) in [5.74, 6) is -0.317. The monoisotopic (exact) mass is 298 g/mol. The zero-order valence-corrected chi connectivity index (χ0v) is 12.3. The van der Waals surface area contributed by atoms with Gasteiger partial charge < -0.3 is 16.4 Å². The largest absolute Gasteiger partial charge is 0.370 e. The molecule has 1 atom stereocenters. The number of nitrogens with two attached hydrogens (primary N) is 1. The van der Waals surface area contributed by atoms with E-state index in [9.17, 15) is 9.59 Å². The van der Waals surface area contributed by atoms with E-state index >= 15 is 0 Å². The smallest absolute Gasteiger partial charge is 0.271 e. The van der Waals surface area contributed by atoms with Crippen LogP contribution in [0.25, 0.3) is 0 Å². The normalized spacial score (nSPS) is 11.8. The van der Waals surface area contributed by atoms with Crippen molar-refractivity contribution in [2.24, 2.45) is 5.73 Å². The Morgan fingerprint density at radius 1 is 1.45 bits per heavy atom. The predicted molar refractivity (Wildman–Crippen MR) is 78.8 cm³/mol. The van der Waals surface area contributed by atoms with Crippen molar-refractivity contribution in [1.82, 2.24) is 10.3 Å². The molecule has 0 saturated carbocycles. The Morgan fingerprint density at radius 2 is 2.15 bits per heavy atom. The van der Waals surface area contributed by atoms with Crippen molar-refractivity contribution in [1.29, 1.82) is 0 Å². The van der Waals surface area contributed by atoms with Crippen LogP contribution in [0.15, 0.2) is 12.1 Å². The first-order valence-corrected chi connectivity index (χ1v) is 6.81. The van der Waals surface area contributed by atoms with Crippen molar-refractivity contribution in [3.63, 3.8) is 0 Å². The van der Waals surface area contributed by atoms with Gasteiger partial charge in [0.1, 0.15) is 11.5 Å². The third-order valence-electron chi connectivity index (χ3n) is 2.50. The summed E-state index contributed by atoms with van der Waals surface area (Å²) in [6, 6.07) is 2.95. The molecule has 0 aliphatic rings. The number of carbonyl (C=O) groups excluding carboxylic acids is 2. The van der Waals surface area contributed by atoms with Crippen molar-refractivity contribution in [2.75, 3.05) is 11.9 Å². The number of anilines is 1. The molecule has 0 spiro atoms. The van der Waals surface area contributed by atoms with Crippen LogP contribution in [0.4, 0.5) is 5.82 Å². The molecule has 0 radical (unpaired) electrons. The van der Waals surface area contributed by atoms with Crippen molar-refractivity contribution >= 4 is 29.2 Å². The SMILES string of the molecule is CCCNc1ccc(Cl)c(C(=O)NC(C)CC(N)=O)n1. The van der Waals surface area contributed by atoms with Crippen LogP contribution in [0.3, 0.4) is 0 Å². The molecule has 1 rings (SSSR count). The highest BCUT2D eigenvalue weighted by atomic mass is 35.5. The fourth-order valence-electron chi connectivity index (χ4n) is 1.60. The summed E-state index contributed by atoms with van der Waals surface area (Å²) in [5, 5.41) is 5.98. The third-order valence-corrected chi connectivity index (χ3v) is 2.81. The van der Waals surface area contributed by atoms with Gasteiger partial charge in [0, 0.05) is 19.0 Å². The summed E-state index contributed by atoms with van der Waals surface area (Å²) >= 11 is 5.97. The molecule has 20 heavy (non-hydrogen) atoms. The fraction of sp³-hybridized carbons (Fsp3) is 0.462. The molecule has 110 valence electrons. The second kappa shape index (κ2) is 7.69. The molecule has 0 fully saturated rings. The van der Waals surface area contributed by atoms with Gasteiger partial charge in [-0.05, 0) is 25.5 Å². The predicted octanol–water partition coefficient (Wildman–Crippen LogP) is 1.55. The number of aromatic nitrogens is 1. The molecule has 7 heteroatoms. The van der Waals surface area contributed by atoms with Gasteiger partial charge in [0.15, 0.2) is 0 Å². The van der Waals surface area contributed by atoms with Crippen LogP contribution in [-0.2, 0) is 4.79 Å². The van der Waals surface area contributed by atoms with Crippen molar-refractivity contribution < 1.29 is 9.59 Å². The van der Waals surface area contributed by atoms with Crippen LogP contribution < -0.4 is 16.4 Å². The van der Waals surface area contributed by atoms with Crippen LogP contribution >= 0.6 is 11.6 Å². The van der Waals surface area contributed by atoms with E-state index in [1.807, 2.05) is 6.92 Å². The molecule has 4 N–H and O–H groups in total. The molecule has 1 aromatic rings. The van der Waals surface area contributed by atoms with Gasteiger partial charge in [-0.15, -0.1) is 0 Å². The Morgan fingerprint density at radius 3 is 2.75 bits per heavy atom. The summed E-state index contributed by atoms with van der Waals surface area (Å²) in [7, 11) is 0. The fourth-order valence-corrected chi connectivity index (χ4v) is 1.79. The van der Waals surface area contributed by atoms with Crippen LogP contribution in [0.2, 0.25) is 5.02 Å². The number of hydrogen-bond acceptors (Lipinski definition) is 4. The zero-order valence-electron chi connectivity index (χ0n) is 11.6. The number of halogens is 1. The molecular formula is C13H19ClN4O2. The van der Waals surface area contributed by atoms with Crippen molar-refractivity contribution in [2.45, 2.75) is 32.7 Å². The number of hydrogen-bond donors (Lipinski definition) is 3. The molecule has 0 aliphatic carbocycles. The van der Waals surface area contributed by atoms with E-state index in [0.29, 0.717) is 5.82 Å². The van der Waals surface area contributed by atoms with Gasteiger partial charge in [-0.2, -0.15) is 0 Å². The molecule has 0 bridgehead atoms. The number of amides is 2. The molecule has 6 nitrogen and oxygen atoms in total. The number of pyridine rings is 1. The van der Waals surface area contributed by atoms with Gasteiger partial charge in [-0.3, -0.25) is 9.59 Å². The van der Waals surface area contributed by atoms with Gasteiger partial charge >= 0.3 is 0 Å². The second-order valence-corrected chi connectivity index (χ2v) is 4.91. The first kappa shape index (κ1) is 16.2. The first-order valence-electron chi connectivity index (χ1n) is 6.43. The molecule has 0 aromatic carbocycles. The lowest BCUT2D eigenvalue weighted by atomic mass is 10.2. The van der Waals surface area contributed by atoms with Gasteiger partial charge in [0.05, 0.1) is 5.02 Å². The molecular weight excluding hydrogens is 280 g/mol. The molecule has 1 aromatic heterocycles. The maximum Gasteiger partial charge on any atom is 0.271 e. The molecule has 0 aliphatic heterocycles. The highest BCUT2D eigenvalue weighted by Crippen LogP contribution is 2.17. The molecule has 1 unspecified atom stereocenters. The minimum absolute atomic E-state index is 0.0666. The maximum absolute atomic E-state index is 12.0. The highest BCUT2D eigenvalue weighted by molar-refractivity contribution is 6.33. The first-order chi connectivity index (χ1) is 9.43. The van der Waals surface area contributed by atoms with Crippen LogP contribution in [0.5, 0.6) is 0 Å². The topological polar surface area (TPSA) is 97.1 Å². The Labute approximate surface area is 123 Å². The van der Waals surface area contributed by atoms with Crippen molar-refractivity contribution in [3.8, 4) is 0 Å². The molecule has 2 amide bonds. The van der Waals surface area contributed by atoms with E-state index in [-0.39, 0.29) is 23.2 Å². The van der Waals surface area contributed by atoms with Gasteiger partial charge in [0.25, 0.3) is 5.91 Å². The zero-order chi connectivity index (χ0) is 15.1. The lowest BCUT2D eigenvalue weighted by molar-refractivity contribution is -0.118. The Hall–Kier alpha value is -1.82. The maximum atomic E-state index is 12.0. The summed E-state index contributed by atoms with van der Waals surface area (Å²) < 4.78 is 0. The van der Waals surface area contributed by atoms with Crippen LogP contribution in [-0.4, -0.2) is 29.4 Å². The van der Waals surface area contributed by atoms with E-state index in [4.69, 9.17) is 17.3 Å². The molecule has 1 heterocycles. The van der Waals surface area contributed by atoms with Crippen LogP contribution in [0, 0.1) is 0 Å². The summed E-state index contributed by atoms with van der Waals surface area (Å²) in [4.78, 5) is 27.0. The van der Waals surface area contributed by atoms with Crippen molar-refractivity contribution in [3.05, 3.63) is 22.8 Å². The number of carbonyl (C=O) groups is 2. The van der Waals surface area contributed by atoms with Gasteiger partial charge in [-0.25, -0.2) is 4.98 Å². The highest BCUT2D eigenvalue weighted by Gasteiger charge is 2.16. The van der Waals surface area contributed by atoms with E-state index in [1.54, 1.807) is 19.1 Å². The average Bonchev–Trinajstić information content (AvgIpc) is 2.36. The van der Waals surface area contributed by atoms with Gasteiger partial charge in [0.2, 0.25) is 5.91 Å². The number of nitrogens with one attached hydrogen (secondary N) is 2. The lowest BCUT2D eigenvalue weighted by Crippen LogP contribution is -2.36. The Kier molecular flexibility index (Phi) is 6.24. The van der Waals surface area contributed by atoms with Crippen LogP contribution in [0.1, 0.15) is 37.2 Å². The number of rotatable bonds is 7. The van der Waals surface area contributed by atoms with E-state index in [2.05, 4.69) is 15.6 Å². The third kappa shape index (κ3) is 5.05. The minimum Gasteiger partial charge on any atom is -0.370 e. The number of nitrogens with zero attached hydrogens (tertiary/aromatic N) is 1. The van der Waals surface area contributed by atoms with Gasteiger partial charge in [-0.1, -0.05) is 18.5 Å². The summed E-state index contributed by atoms with van der Waals surface area (Å²) in [6.45, 7) is 4.48. The van der Waals surface area contributed by atoms with E-state index in [1.165, 1.54) is 0 Å².